The number of likely N-dealkylation sites (N-methyl/N-ethyl adjacent to an activating group) is 1. The molecule has 0 radical (unpaired) electrons. The van der Waals surface area contributed by atoms with E-state index >= 15 is 0 Å². The number of hydrogen-bond donors (Lipinski definition) is 0. The summed E-state index contributed by atoms with van der Waals surface area (Å²) in [4.78, 5) is 13.3. The Morgan fingerprint density at radius 1 is 1.35 bits per heavy atom. The maximum atomic E-state index is 11.4. The van der Waals surface area contributed by atoms with Gasteiger partial charge in [0.2, 0.25) is 0 Å². The third-order valence-electron chi connectivity index (χ3n) is 3.19. The van der Waals surface area contributed by atoms with Gasteiger partial charge in [-0.05, 0) is 49.4 Å². The summed E-state index contributed by atoms with van der Waals surface area (Å²) < 4.78 is 4.95. The monoisotopic (exact) mass is 233 g/mol. The summed E-state index contributed by atoms with van der Waals surface area (Å²) in [5.41, 5.74) is 3.98. The fraction of sp³-hybridized carbons (Fsp3) is 0.500. The maximum Gasteiger partial charge on any atom is 0.325 e. The summed E-state index contributed by atoms with van der Waals surface area (Å²) in [6, 6.07) is 6.46. The molecule has 0 unspecified atom stereocenters. The highest BCUT2D eigenvalue weighted by Crippen LogP contribution is 2.26. The zero-order valence-electron chi connectivity index (χ0n) is 10.5. The third kappa shape index (κ3) is 2.78. The van der Waals surface area contributed by atoms with Crippen LogP contribution < -0.4 is 4.90 Å². The van der Waals surface area contributed by atoms with Crippen molar-refractivity contribution in [2.45, 2.75) is 26.2 Å². The Balaban J connectivity index is 2.04. The molecular weight excluding hydrogens is 214 g/mol. The normalized spacial score (nSPS) is 13.3. The second-order valence-electron chi connectivity index (χ2n) is 4.47. The molecule has 0 fully saturated rings. The van der Waals surface area contributed by atoms with E-state index in [0.717, 1.165) is 12.1 Å². The van der Waals surface area contributed by atoms with Gasteiger partial charge in [-0.3, -0.25) is 4.79 Å². The Kier molecular flexibility index (Phi) is 3.67. The van der Waals surface area contributed by atoms with Gasteiger partial charge in [0.25, 0.3) is 0 Å². The number of rotatable bonds is 4. The molecule has 3 nitrogen and oxygen atoms in total. The number of anilines is 1. The lowest BCUT2D eigenvalue weighted by Crippen LogP contribution is -2.27. The Morgan fingerprint density at radius 3 is 2.88 bits per heavy atom. The van der Waals surface area contributed by atoms with E-state index in [1.54, 1.807) is 0 Å². The molecule has 0 atom stereocenters. The highest BCUT2D eigenvalue weighted by Gasteiger charge is 2.13. The molecule has 2 rings (SSSR count). The fourth-order valence-electron chi connectivity index (χ4n) is 2.29. The van der Waals surface area contributed by atoms with Crippen LogP contribution in [0.25, 0.3) is 0 Å². The van der Waals surface area contributed by atoms with Gasteiger partial charge >= 0.3 is 5.97 Å². The first kappa shape index (κ1) is 12.0. The van der Waals surface area contributed by atoms with Crippen molar-refractivity contribution >= 4 is 11.7 Å². The van der Waals surface area contributed by atoms with Crippen molar-refractivity contribution in [1.29, 1.82) is 0 Å². The molecular formula is C14H19NO2. The summed E-state index contributed by atoms with van der Waals surface area (Å²) in [6.45, 7) is 2.58. The summed E-state index contributed by atoms with van der Waals surface area (Å²) >= 11 is 0. The van der Waals surface area contributed by atoms with Crippen molar-refractivity contribution in [2.24, 2.45) is 0 Å². The van der Waals surface area contributed by atoms with Crippen LogP contribution in [0.3, 0.4) is 0 Å². The lowest BCUT2D eigenvalue weighted by molar-refractivity contribution is -0.141. The molecule has 0 aliphatic heterocycles. The van der Waals surface area contributed by atoms with Crippen molar-refractivity contribution in [3.05, 3.63) is 29.3 Å². The van der Waals surface area contributed by atoms with Crippen molar-refractivity contribution in [3.63, 3.8) is 0 Å². The molecule has 0 amide bonds. The molecule has 1 aromatic rings. The first-order valence-electron chi connectivity index (χ1n) is 6.19. The number of esters is 1. The van der Waals surface area contributed by atoms with Crippen molar-refractivity contribution in [3.8, 4) is 0 Å². The average Bonchev–Trinajstić information content (AvgIpc) is 2.75. The van der Waals surface area contributed by atoms with Crippen LogP contribution in [-0.4, -0.2) is 26.2 Å². The zero-order chi connectivity index (χ0) is 12.3. The van der Waals surface area contributed by atoms with Crippen molar-refractivity contribution in [1.82, 2.24) is 0 Å². The first-order chi connectivity index (χ1) is 8.20. The van der Waals surface area contributed by atoms with Crippen molar-refractivity contribution in [2.75, 3.05) is 25.1 Å². The van der Waals surface area contributed by atoms with E-state index in [1.807, 2.05) is 18.9 Å². The molecule has 0 aromatic heterocycles. The first-order valence-corrected chi connectivity index (χ1v) is 6.19. The molecule has 92 valence electrons. The largest absolute Gasteiger partial charge is 0.465 e. The second-order valence-corrected chi connectivity index (χ2v) is 4.47. The molecule has 1 aromatic carbocycles. The van der Waals surface area contributed by atoms with Gasteiger partial charge in [0, 0.05) is 12.7 Å². The van der Waals surface area contributed by atoms with Gasteiger partial charge in [-0.25, -0.2) is 0 Å². The second kappa shape index (κ2) is 5.21. The molecule has 3 heteroatoms. The van der Waals surface area contributed by atoms with Crippen LogP contribution >= 0.6 is 0 Å². The Morgan fingerprint density at radius 2 is 2.12 bits per heavy atom. The summed E-state index contributed by atoms with van der Waals surface area (Å²) in [5.74, 6) is -0.171. The van der Waals surface area contributed by atoms with Crippen LogP contribution in [-0.2, 0) is 22.4 Å². The van der Waals surface area contributed by atoms with Gasteiger partial charge in [0.1, 0.15) is 6.54 Å². The average molecular weight is 233 g/mol. The van der Waals surface area contributed by atoms with Crippen LogP contribution in [0.5, 0.6) is 0 Å². The minimum atomic E-state index is -0.171. The number of fused-ring (bicyclic) bond motifs is 1. The predicted octanol–water partition coefficient (Wildman–Crippen LogP) is 2.17. The van der Waals surface area contributed by atoms with Crippen LogP contribution in [0.15, 0.2) is 18.2 Å². The summed E-state index contributed by atoms with van der Waals surface area (Å²) in [7, 11) is 1.92. The van der Waals surface area contributed by atoms with E-state index in [9.17, 15) is 4.79 Å². The van der Waals surface area contributed by atoms with Crippen LogP contribution in [0.4, 0.5) is 5.69 Å². The predicted molar refractivity (Wildman–Crippen MR) is 68.4 cm³/mol. The molecule has 0 saturated heterocycles. The fourth-order valence-corrected chi connectivity index (χ4v) is 2.29. The lowest BCUT2D eigenvalue weighted by atomic mass is 10.1. The van der Waals surface area contributed by atoms with Crippen LogP contribution in [0.2, 0.25) is 0 Å². The number of nitrogens with zero attached hydrogens (tertiary/aromatic N) is 1. The lowest BCUT2D eigenvalue weighted by Gasteiger charge is -2.19. The number of carbonyl (C=O) groups excluding carboxylic acids is 1. The highest BCUT2D eigenvalue weighted by atomic mass is 16.5. The number of benzene rings is 1. The van der Waals surface area contributed by atoms with E-state index in [4.69, 9.17) is 4.74 Å². The van der Waals surface area contributed by atoms with Gasteiger partial charge < -0.3 is 9.64 Å². The van der Waals surface area contributed by atoms with E-state index < -0.39 is 0 Å². The molecule has 1 aliphatic carbocycles. The van der Waals surface area contributed by atoms with E-state index in [2.05, 4.69) is 18.2 Å². The SMILES string of the molecule is CCOC(=O)CN(C)c1ccc2c(c1)CCC2. The van der Waals surface area contributed by atoms with E-state index in [0.29, 0.717) is 13.2 Å². The smallest absolute Gasteiger partial charge is 0.325 e. The maximum absolute atomic E-state index is 11.4. The van der Waals surface area contributed by atoms with Gasteiger partial charge in [0.15, 0.2) is 0 Å². The van der Waals surface area contributed by atoms with E-state index in [1.165, 1.54) is 24.0 Å². The minimum Gasteiger partial charge on any atom is -0.465 e. The Labute approximate surface area is 102 Å². The highest BCUT2D eigenvalue weighted by molar-refractivity contribution is 5.75. The van der Waals surface area contributed by atoms with Crippen LogP contribution in [0, 0.1) is 0 Å². The molecule has 0 spiro atoms. The minimum absolute atomic E-state index is 0.171. The quantitative estimate of drug-likeness (QED) is 0.746. The number of carbonyl (C=O) groups is 1. The number of hydrogen-bond acceptors (Lipinski definition) is 3. The molecule has 1 aliphatic rings. The van der Waals surface area contributed by atoms with Gasteiger partial charge in [0.05, 0.1) is 6.61 Å². The number of aryl methyl sites for hydroxylation is 2. The third-order valence-corrected chi connectivity index (χ3v) is 3.19. The standard InChI is InChI=1S/C14H19NO2/c1-3-17-14(16)10-15(2)13-8-7-11-5-4-6-12(11)9-13/h7-9H,3-6,10H2,1-2H3. The Bertz CT molecular complexity index is 415. The van der Waals surface area contributed by atoms with Gasteiger partial charge in [-0.15, -0.1) is 0 Å². The zero-order valence-corrected chi connectivity index (χ0v) is 10.5. The molecule has 0 N–H and O–H groups in total. The van der Waals surface area contributed by atoms with Gasteiger partial charge in [-0.2, -0.15) is 0 Å². The summed E-state index contributed by atoms with van der Waals surface area (Å²) in [6.07, 6.45) is 3.61. The van der Waals surface area contributed by atoms with E-state index in [-0.39, 0.29) is 5.97 Å². The van der Waals surface area contributed by atoms with Crippen LogP contribution in [0.1, 0.15) is 24.5 Å². The molecule has 17 heavy (non-hydrogen) atoms. The molecule has 0 bridgehead atoms. The Hall–Kier alpha value is -1.51. The number of ether oxygens (including phenoxy) is 1. The molecule has 0 saturated carbocycles. The topological polar surface area (TPSA) is 29.5 Å². The van der Waals surface area contributed by atoms with Crippen molar-refractivity contribution < 1.29 is 9.53 Å². The molecule has 0 heterocycles. The summed E-state index contributed by atoms with van der Waals surface area (Å²) in [5, 5.41) is 0. The van der Waals surface area contributed by atoms with Gasteiger partial charge in [-0.1, -0.05) is 6.07 Å².